The van der Waals surface area contributed by atoms with Crippen LogP contribution in [0.25, 0.3) is 10.8 Å². The Balaban J connectivity index is 1.30. The first-order chi connectivity index (χ1) is 15.9. The number of nitrogens with one attached hydrogen (secondary N) is 1. The van der Waals surface area contributed by atoms with E-state index in [1.807, 2.05) is 30.3 Å². The van der Waals surface area contributed by atoms with E-state index in [2.05, 4.69) is 0 Å². The monoisotopic (exact) mass is 484 g/mol. The number of rotatable bonds is 4. The van der Waals surface area contributed by atoms with E-state index in [0.29, 0.717) is 23.8 Å². The molecule has 0 aliphatic carbocycles. The van der Waals surface area contributed by atoms with Gasteiger partial charge in [0.15, 0.2) is 6.04 Å². The van der Waals surface area contributed by atoms with E-state index < -0.39 is 16.1 Å². The second kappa shape index (κ2) is 8.53. The molecule has 2 aliphatic heterocycles. The molecule has 2 fully saturated rings. The van der Waals surface area contributed by atoms with Crippen molar-refractivity contribution in [3.05, 3.63) is 71.8 Å². The normalized spacial score (nSPS) is 20.6. The van der Waals surface area contributed by atoms with Gasteiger partial charge < -0.3 is 4.90 Å². The number of piperazine rings is 1. The zero-order chi connectivity index (χ0) is 23.2. The van der Waals surface area contributed by atoms with Gasteiger partial charge in [-0.1, -0.05) is 54.1 Å². The van der Waals surface area contributed by atoms with Gasteiger partial charge in [-0.2, -0.15) is 4.31 Å². The van der Waals surface area contributed by atoms with Crippen molar-refractivity contribution in [1.29, 1.82) is 0 Å². The zero-order valence-corrected chi connectivity index (χ0v) is 19.3. The summed E-state index contributed by atoms with van der Waals surface area (Å²) in [5.41, 5.74) is 0.397. The molecule has 9 heteroatoms. The van der Waals surface area contributed by atoms with Crippen molar-refractivity contribution in [1.82, 2.24) is 4.31 Å². The first-order valence-corrected chi connectivity index (χ1v) is 12.6. The summed E-state index contributed by atoms with van der Waals surface area (Å²) < 4.78 is 27.9. The van der Waals surface area contributed by atoms with E-state index in [-0.39, 0.29) is 36.2 Å². The number of sulfonamides is 1. The molecule has 170 valence electrons. The lowest BCUT2D eigenvalue weighted by Gasteiger charge is -2.33. The number of hydrogen-bond donors (Lipinski definition) is 1. The number of carbonyl (C=O) groups is 2. The summed E-state index contributed by atoms with van der Waals surface area (Å²) in [4.78, 5) is 28.1. The van der Waals surface area contributed by atoms with Gasteiger partial charge in [0.1, 0.15) is 0 Å². The van der Waals surface area contributed by atoms with Crippen molar-refractivity contribution >= 4 is 49.9 Å². The van der Waals surface area contributed by atoms with E-state index in [0.717, 1.165) is 20.6 Å². The molecule has 0 bridgehead atoms. The number of benzene rings is 3. The Kier molecular flexibility index (Phi) is 5.70. The van der Waals surface area contributed by atoms with Crippen LogP contribution in [0.15, 0.2) is 71.6 Å². The summed E-state index contributed by atoms with van der Waals surface area (Å²) in [6.45, 7) is 1.48. The molecular formula is C24H23ClN3O4S+. The van der Waals surface area contributed by atoms with Crippen LogP contribution in [-0.4, -0.2) is 56.8 Å². The number of para-hydroxylation sites is 1. The van der Waals surface area contributed by atoms with Gasteiger partial charge in [0.2, 0.25) is 15.9 Å². The quantitative estimate of drug-likeness (QED) is 0.572. The minimum atomic E-state index is -3.64. The Bertz CT molecular complexity index is 1350. The maximum atomic E-state index is 13.2. The lowest BCUT2D eigenvalue weighted by atomic mass is 10.1. The first-order valence-electron chi connectivity index (χ1n) is 10.8. The summed E-state index contributed by atoms with van der Waals surface area (Å²) in [5, 5.41) is 2.21. The SMILES string of the molecule is O=C1C[C@H]([NH+]2CCN(S(=O)(=O)c3ccc4ccccc4c3)CC2)C(=O)N1c1ccccc1Cl. The highest BCUT2D eigenvalue weighted by molar-refractivity contribution is 7.89. The summed E-state index contributed by atoms with van der Waals surface area (Å²) in [5.74, 6) is -0.564. The van der Waals surface area contributed by atoms with Crippen molar-refractivity contribution in [3.8, 4) is 0 Å². The van der Waals surface area contributed by atoms with E-state index in [9.17, 15) is 18.0 Å². The van der Waals surface area contributed by atoms with E-state index >= 15 is 0 Å². The van der Waals surface area contributed by atoms with Gasteiger partial charge >= 0.3 is 0 Å². The van der Waals surface area contributed by atoms with Crippen LogP contribution in [0.4, 0.5) is 5.69 Å². The van der Waals surface area contributed by atoms with Crippen LogP contribution in [-0.2, 0) is 19.6 Å². The van der Waals surface area contributed by atoms with Crippen LogP contribution in [0.3, 0.4) is 0 Å². The number of anilines is 1. The second-order valence-electron chi connectivity index (χ2n) is 8.35. The molecule has 2 saturated heterocycles. The topological polar surface area (TPSA) is 79.2 Å². The van der Waals surface area contributed by atoms with Gasteiger partial charge in [0.25, 0.3) is 5.91 Å². The highest BCUT2D eigenvalue weighted by atomic mass is 35.5. The summed E-state index contributed by atoms with van der Waals surface area (Å²) in [7, 11) is -3.64. The average molecular weight is 485 g/mol. The highest BCUT2D eigenvalue weighted by Gasteiger charge is 2.47. The molecule has 3 aromatic rings. The van der Waals surface area contributed by atoms with Crippen molar-refractivity contribution in [2.45, 2.75) is 17.4 Å². The average Bonchev–Trinajstić information content (AvgIpc) is 3.13. The molecule has 0 aromatic heterocycles. The molecule has 2 heterocycles. The van der Waals surface area contributed by atoms with Gasteiger partial charge in [0, 0.05) is 0 Å². The molecule has 3 aromatic carbocycles. The number of carbonyl (C=O) groups excluding carboxylic acids is 2. The molecule has 2 aliphatic rings. The standard InChI is InChI=1S/C24H22ClN3O4S/c25-20-7-3-4-8-21(20)28-23(29)16-22(24(28)30)26-11-13-27(14-12-26)33(31,32)19-10-9-17-5-1-2-6-18(17)15-19/h1-10,15,22H,11-14,16H2/p+1/t22-/m0/s1. The Morgan fingerprint density at radius 1 is 0.879 bits per heavy atom. The maximum absolute atomic E-state index is 13.2. The smallest absolute Gasteiger partial charge is 0.292 e. The Morgan fingerprint density at radius 2 is 1.55 bits per heavy atom. The number of nitrogens with zero attached hydrogens (tertiary/aromatic N) is 2. The fraction of sp³-hybridized carbons (Fsp3) is 0.250. The molecule has 1 atom stereocenters. The summed E-state index contributed by atoms with van der Waals surface area (Å²) in [6, 6.07) is 19.0. The molecule has 7 nitrogen and oxygen atoms in total. The van der Waals surface area contributed by atoms with Crippen LogP contribution in [0.5, 0.6) is 0 Å². The fourth-order valence-corrected chi connectivity index (χ4v) is 6.37. The van der Waals surface area contributed by atoms with Crippen LogP contribution in [0.2, 0.25) is 5.02 Å². The zero-order valence-electron chi connectivity index (χ0n) is 17.8. The summed E-state index contributed by atoms with van der Waals surface area (Å²) in [6.07, 6.45) is 0.0941. The third kappa shape index (κ3) is 3.93. The van der Waals surface area contributed by atoms with E-state index in [1.165, 1.54) is 4.31 Å². The number of fused-ring (bicyclic) bond motifs is 1. The lowest BCUT2D eigenvalue weighted by Crippen LogP contribution is -3.19. The predicted octanol–water partition coefficient (Wildman–Crippen LogP) is 1.71. The number of hydrogen-bond acceptors (Lipinski definition) is 4. The van der Waals surface area contributed by atoms with Gasteiger partial charge in [-0.15, -0.1) is 0 Å². The number of amides is 2. The minimum Gasteiger partial charge on any atom is -0.322 e. The fourth-order valence-electron chi connectivity index (χ4n) is 4.68. The van der Waals surface area contributed by atoms with Crippen molar-refractivity contribution in [2.75, 3.05) is 31.1 Å². The van der Waals surface area contributed by atoms with Crippen LogP contribution < -0.4 is 9.80 Å². The Labute approximate surface area is 197 Å². The molecule has 0 radical (unpaired) electrons. The molecule has 0 unspecified atom stereocenters. The largest absolute Gasteiger partial charge is 0.322 e. The molecule has 1 N–H and O–H groups in total. The van der Waals surface area contributed by atoms with Gasteiger partial charge in [-0.05, 0) is 35.0 Å². The number of imide groups is 1. The lowest BCUT2D eigenvalue weighted by molar-refractivity contribution is -0.918. The van der Waals surface area contributed by atoms with Gasteiger partial charge in [-0.3, -0.25) is 9.59 Å². The third-order valence-corrected chi connectivity index (χ3v) is 8.67. The van der Waals surface area contributed by atoms with Crippen molar-refractivity contribution in [3.63, 3.8) is 0 Å². The van der Waals surface area contributed by atoms with Crippen LogP contribution in [0, 0.1) is 0 Å². The van der Waals surface area contributed by atoms with Gasteiger partial charge in [-0.25, -0.2) is 13.3 Å². The Hall–Kier alpha value is -2.78. The minimum absolute atomic E-state index is 0.0941. The summed E-state index contributed by atoms with van der Waals surface area (Å²) >= 11 is 6.21. The van der Waals surface area contributed by atoms with E-state index in [4.69, 9.17) is 11.6 Å². The highest BCUT2D eigenvalue weighted by Crippen LogP contribution is 2.29. The third-order valence-electron chi connectivity index (χ3n) is 6.46. The van der Waals surface area contributed by atoms with Crippen LogP contribution in [0.1, 0.15) is 6.42 Å². The van der Waals surface area contributed by atoms with Crippen molar-refractivity contribution in [2.24, 2.45) is 0 Å². The number of quaternary nitrogens is 1. The van der Waals surface area contributed by atoms with Gasteiger partial charge in [0.05, 0.1) is 48.2 Å². The van der Waals surface area contributed by atoms with Crippen LogP contribution >= 0.6 is 11.6 Å². The molecule has 33 heavy (non-hydrogen) atoms. The van der Waals surface area contributed by atoms with Crippen molar-refractivity contribution < 1.29 is 22.9 Å². The maximum Gasteiger partial charge on any atom is 0.292 e. The second-order valence-corrected chi connectivity index (χ2v) is 10.7. The first kappa shape index (κ1) is 22.0. The molecule has 0 saturated carbocycles. The molecule has 5 rings (SSSR count). The predicted molar refractivity (Wildman–Crippen MR) is 126 cm³/mol. The molecule has 2 amide bonds. The Morgan fingerprint density at radius 3 is 2.27 bits per heavy atom. The number of halogens is 1. The molecular weight excluding hydrogens is 462 g/mol. The molecule has 0 spiro atoms. The van der Waals surface area contributed by atoms with E-state index in [1.54, 1.807) is 36.4 Å².